The predicted octanol–water partition coefficient (Wildman–Crippen LogP) is 4.38. The Labute approximate surface area is 129 Å². The van der Waals surface area contributed by atoms with Crippen molar-refractivity contribution in [2.24, 2.45) is 22.2 Å². The number of hydrogen-bond acceptors (Lipinski definition) is 1. The zero-order chi connectivity index (χ0) is 14.9. The van der Waals surface area contributed by atoms with Crippen LogP contribution in [0.15, 0.2) is 0 Å². The number of amides is 1. The minimum absolute atomic E-state index is 0.000255. The zero-order valence-electron chi connectivity index (χ0n) is 14.1. The molecule has 0 heterocycles. The van der Waals surface area contributed by atoms with Gasteiger partial charge >= 0.3 is 0 Å². The third-order valence-electron chi connectivity index (χ3n) is 7.27. The first kappa shape index (κ1) is 14.1. The second-order valence-corrected chi connectivity index (χ2v) is 9.76. The van der Waals surface area contributed by atoms with Gasteiger partial charge in [0.25, 0.3) is 0 Å². The van der Waals surface area contributed by atoms with E-state index in [0.717, 1.165) is 5.92 Å². The molecule has 21 heavy (non-hydrogen) atoms. The van der Waals surface area contributed by atoms with E-state index in [9.17, 15) is 4.79 Å². The van der Waals surface area contributed by atoms with Crippen molar-refractivity contribution in [3.63, 3.8) is 0 Å². The molecule has 5 aliphatic carbocycles. The molecular formula is C19H31NO. The molecule has 118 valence electrons. The van der Waals surface area contributed by atoms with E-state index in [1.54, 1.807) is 0 Å². The molecule has 0 aromatic carbocycles. The standard InChI is InChI=1S/C19H31NO/c1-17-8-14-9-18(2,11-17)13-19(10-14,12-17)16(21)20(3)15-6-4-5-7-15/h14-15H,4-13H2,1-3H3. The van der Waals surface area contributed by atoms with Gasteiger partial charge in [-0.15, -0.1) is 0 Å². The van der Waals surface area contributed by atoms with Crippen molar-refractivity contribution in [3.05, 3.63) is 0 Å². The topological polar surface area (TPSA) is 20.3 Å². The molecule has 0 spiro atoms. The van der Waals surface area contributed by atoms with Gasteiger partial charge in [-0.2, -0.15) is 0 Å². The molecule has 5 aliphatic rings. The Morgan fingerprint density at radius 2 is 1.52 bits per heavy atom. The Bertz CT molecular complexity index is 446. The third kappa shape index (κ3) is 2.08. The summed E-state index contributed by atoms with van der Waals surface area (Å²) in [5.41, 5.74) is 0.890. The van der Waals surface area contributed by atoms with Crippen molar-refractivity contribution in [2.75, 3.05) is 7.05 Å². The summed E-state index contributed by atoms with van der Waals surface area (Å²) >= 11 is 0. The maximum atomic E-state index is 13.4. The lowest BCUT2D eigenvalue weighted by molar-refractivity contribution is -0.180. The number of hydrogen-bond donors (Lipinski definition) is 0. The maximum Gasteiger partial charge on any atom is 0.228 e. The van der Waals surface area contributed by atoms with Crippen LogP contribution in [-0.2, 0) is 4.79 Å². The fourth-order valence-corrected chi connectivity index (χ4v) is 7.52. The summed E-state index contributed by atoms with van der Waals surface area (Å²) in [7, 11) is 2.10. The van der Waals surface area contributed by atoms with E-state index >= 15 is 0 Å². The summed E-state index contributed by atoms with van der Waals surface area (Å²) in [4.78, 5) is 15.6. The molecule has 2 heteroatoms. The summed E-state index contributed by atoms with van der Waals surface area (Å²) < 4.78 is 0. The summed E-state index contributed by atoms with van der Waals surface area (Å²) in [5, 5.41) is 0. The maximum absolute atomic E-state index is 13.4. The van der Waals surface area contributed by atoms with Crippen LogP contribution < -0.4 is 0 Å². The molecule has 5 rings (SSSR count). The van der Waals surface area contributed by atoms with Crippen molar-refractivity contribution in [1.82, 2.24) is 4.90 Å². The smallest absolute Gasteiger partial charge is 0.228 e. The molecule has 1 amide bonds. The Hall–Kier alpha value is -0.530. The molecule has 0 aromatic heterocycles. The van der Waals surface area contributed by atoms with Crippen molar-refractivity contribution in [1.29, 1.82) is 0 Å². The van der Waals surface area contributed by atoms with Crippen LogP contribution in [0, 0.1) is 22.2 Å². The highest BCUT2D eigenvalue weighted by Gasteiger charge is 2.63. The Kier molecular flexibility index (Phi) is 2.86. The average molecular weight is 289 g/mol. The Morgan fingerprint density at radius 3 is 2.05 bits per heavy atom. The Morgan fingerprint density at radius 1 is 0.952 bits per heavy atom. The average Bonchev–Trinajstić information content (AvgIpc) is 2.86. The van der Waals surface area contributed by atoms with E-state index in [4.69, 9.17) is 0 Å². The first-order chi connectivity index (χ1) is 9.83. The number of carbonyl (C=O) groups excluding carboxylic acids is 1. The van der Waals surface area contributed by atoms with Crippen LogP contribution in [0.25, 0.3) is 0 Å². The van der Waals surface area contributed by atoms with Gasteiger partial charge in [-0.25, -0.2) is 0 Å². The van der Waals surface area contributed by atoms with Gasteiger partial charge in [0.05, 0.1) is 5.41 Å². The Balaban J connectivity index is 1.62. The number of carbonyl (C=O) groups is 1. The van der Waals surface area contributed by atoms with Crippen molar-refractivity contribution < 1.29 is 4.79 Å². The van der Waals surface area contributed by atoms with Crippen LogP contribution in [0.5, 0.6) is 0 Å². The fraction of sp³-hybridized carbons (Fsp3) is 0.947. The predicted molar refractivity (Wildman–Crippen MR) is 84.9 cm³/mol. The molecule has 4 bridgehead atoms. The highest BCUT2D eigenvalue weighted by molar-refractivity contribution is 5.83. The van der Waals surface area contributed by atoms with Crippen LogP contribution in [0.1, 0.15) is 78.1 Å². The molecule has 0 saturated heterocycles. The molecule has 0 aliphatic heterocycles. The minimum atomic E-state index is 0.000255. The van der Waals surface area contributed by atoms with Crippen LogP contribution in [0.4, 0.5) is 0 Å². The van der Waals surface area contributed by atoms with Crippen molar-refractivity contribution in [3.8, 4) is 0 Å². The van der Waals surface area contributed by atoms with Crippen LogP contribution in [-0.4, -0.2) is 23.9 Å². The van der Waals surface area contributed by atoms with Gasteiger partial charge in [-0.1, -0.05) is 26.7 Å². The van der Waals surface area contributed by atoms with Crippen molar-refractivity contribution in [2.45, 2.75) is 84.1 Å². The second kappa shape index (κ2) is 4.26. The van der Waals surface area contributed by atoms with E-state index in [1.807, 2.05) is 0 Å². The molecule has 5 saturated carbocycles. The van der Waals surface area contributed by atoms with Gasteiger partial charge in [0, 0.05) is 13.1 Å². The van der Waals surface area contributed by atoms with Gasteiger partial charge in [-0.3, -0.25) is 4.79 Å². The number of rotatable bonds is 2. The van der Waals surface area contributed by atoms with E-state index in [1.165, 1.54) is 64.2 Å². The van der Waals surface area contributed by atoms with E-state index in [2.05, 4.69) is 25.8 Å². The van der Waals surface area contributed by atoms with Crippen LogP contribution >= 0.6 is 0 Å². The summed E-state index contributed by atoms with van der Waals surface area (Å²) in [6.07, 6.45) is 12.7. The first-order valence-electron chi connectivity index (χ1n) is 9.11. The molecular weight excluding hydrogens is 258 g/mol. The highest BCUT2D eigenvalue weighted by atomic mass is 16.2. The lowest BCUT2D eigenvalue weighted by Crippen LogP contribution is -2.60. The lowest BCUT2D eigenvalue weighted by atomic mass is 9.40. The molecule has 0 N–H and O–H groups in total. The van der Waals surface area contributed by atoms with E-state index in [-0.39, 0.29) is 5.41 Å². The summed E-state index contributed by atoms with van der Waals surface area (Å²) in [6.45, 7) is 4.93. The summed E-state index contributed by atoms with van der Waals surface area (Å²) in [5.74, 6) is 1.33. The van der Waals surface area contributed by atoms with Gasteiger partial charge in [0.15, 0.2) is 0 Å². The van der Waals surface area contributed by atoms with Gasteiger partial charge in [-0.05, 0) is 68.1 Å². The first-order valence-corrected chi connectivity index (χ1v) is 9.11. The van der Waals surface area contributed by atoms with Crippen molar-refractivity contribution >= 4 is 5.91 Å². The van der Waals surface area contributed by atoms with Crippen LogP contribution in [0.2, 0.25) is 0 Å². The molecule has 0 radical (unpaired) electrons. The largest absolute Gasteiger partial charge is 0.342 e. The lowest BCUT2D eigenvalue weighted by Gasteiger charge is -2.65. The van der Waals surface area contributed by atoms with Gasteiger partial charge in [0.1, 0.15) is 0 Å². The summed E-state index contributed by atoms with van der Waals surface area (Å²) in [6, 6.07) is 0.533. The zero-order valence-corrected chi connectivity index (χ0v) is 14.1. The molecule has 5 fully saturated rings. The normalized spacial score (nSPS) is 48.8. The van der Waals surface area contributed by atoms with Crippen LogP contribution in [0.3, 0.4) is 0 Å². The third-order valence-corrected chi connectivity index (χ3v) is 7.27. The monoisotopic (exact) mass is 289 g/mol. The van der Waals surface area contributed by atoms with E-state index < -0.39 is 0 Å². The quantitative estimate of drug-likeness (QED) is 0.738. The molecule has 2 unspecified atom stereocenters. The molecule has 2 atom stereocenters. The number of nitrogens with zero attached hydrogens (tertiary/aromatic N) is 1. The minimum Gasteiger partial charge on any atom is -0.342 e. The van der Waals surface area contributed by atoms with Gasteiger partial charge < -0.3 is 4.90 Å². The molecule has 2 nitrogen and oxygen atoms in total. The van der Waals surface area contributed by atoms with E-state index in [0.29, 0.717) is 22.8 Å². The highest BCUT2D eigenvalue weighted by Crippen LogP contribution is 2.69. The molecule has 0 aromatic rings. The second-order valence-electron chi connectivity index (χ2n) is 9.76. The SMILES string of the molecule is CN(C(=O)C12CC3CC(C)(CC(C)(C3)C1)C2)C1CCCC1. The fourth-order valence-electron chi connectivity index (χ4n) is 7.52. The van der Waals surface area contributed by atoms with Gasteiger partial charge in [0.2, 0.25) is 5.91 Å².